The van der Waals surface area contributed by atoms with E-state index in [4.69, 9.17) is 5.11 Å². The second-order valence-electron chi connectivity index (χ2n) is 6.20. The summed E-state index contributed by atoms with van der Waals surface area (Å²) in [6.45, 7) is 4.90. The predicted molar refractivity (Wildman–Crippen MR) is 103 cm³/mol. The molecule has 0 bridgehead atoms. The fourth-order valence-electron chi connectivity index (χ4n) is 2.20. The molecule has 0 radical (unpaired) electrons. The first-order valence-electron chi connectivity index (χ1n) is 9.30. The third-order valence-electron chi connectivity index (χ3n) is 3.62. The monoisotopic (exact) mass is 431 g/mol. The standard InChI is InChI=1S/C15H29NO3.C3H6O4S.Na/c1-3-4-5-6-7-8-9-10-11-12-14(17)16(2)13-15(18)19;1-2-3-7-8(4,5)6;/h3-13H2,1-2H3,(H,18,19);2H,1,3H2,(H,4,5,6);/q;;+1/p-1. The van der Waals surface area contributed by atoms with Crippen molar-refractivity contribution in [3.8, 4) is 0 Å². The van der Waals surface area contributed by atoms with Crippen LogP contribution in [0.15, 0.2) is 12.7 Å². The Bertz CT molecular complexity index is 512. The predicted octanol–water partition coefficient (Wildman–Crippen LogP) is 0.104. The normalized spacial score (nSPS) is 10.2. The van der Waals surface area contributed by atoms with Gasteiger partial charge in [-0.1, -0.05) is 64.4 Å². The fraction of sp³-hybridized carbons (Fsp3) is 0.778. The van der Waals surface area contributed by atoms with Gasteiger partial charge in [0.2, 0.25) is 16.3 Å². The van der Waals surface area contributed by atoms with Crippen molar-refractivity contribution in [2.75, 3.05) is 20.2 Å². The minimum atomic E-state index is -4.51. The van der Waals surface area contributed by atoms with Crippen molar-refractivity contribution < 1.29 is 61.4 Å². The SMILES string of the molecule is C=CCOS(=O)(=O)[O-].CCCCCCCCCCCC(=O)N(C)CC(=O)O.[Na+]. The Morgan fingerprint density at radius 1 is 1.07 bits per heavy atom. The molecule has 28 heavy (non-hydrogen) atoms. The van der Waals surface area contributed by atoms with Gasteiger partial charge in [0.25, 0.3) is 0 Å². The third-order valence-corrected chi connectivity index (χ3v) is 4.05. The number of amides is 1. The van der Waals surface area contributed by atoms with Gasteiger partial charge >= 0.3 is 35.5 Å². The van der Waals surface area contributed by atoms with Gasteiger partial charge in [0, 0.05) is 13.5 Å². The van der Waals surface area contributed by atoms with Gasteiger partial charge in [0.1, 0.15) is 6.54 Å². The topological polar surface area (TPSA) is 124 Å². The van der Waals surface area contributed by atoms with Gasteiger partial charge in [-0.05, 0) is 6.42 Å². The Hall–Kier alpha value is -0.450. The van der Waals surface area contributed by atoms with E-state index in [1.807, 2.05) is 0 Å². The number of rotatable bonds is 15. The summed E-state index contributed by atoms with van der Waals surface area (Å²) in [5, 5.41) is 8.57. The quantitative estimate of drug-likeness (QED) is 0.128. The zero-order valence-corrected chi connectivity index (χ0v) is 20.3. The molecule has 0 saturated heterocycles. The van der Waals surface area contributed by atoms with Crippen molar-refractivity contribution in [1.29, 1.82) is 0 Å². The van der Waals surface area contributed by atoms with Gasteiger partial charge in [0.15, 0.2) is 0 Å². The molecule has 8 nitrogen and oxygen atoms in total. The first-order chi connectivity index (χ1) is 12.6. The molecule has 0 aliphatic carbocycles. The maximum atomic E-state index is 11.5. The molecule has 0 aliphatic heterocycles. The summed E-state index contributed by atoms with van der Waals surface area (Å²) in [7, 11) is -2.96. The van der Waals surface area contributed by atoms with E-state index in [0.29, 0.717) is 6.42 Å². The summed E-state index contributed by atoms with van der Waals surface area (Å²) < 4.78 is 32.4. The van der Waals surface area contributed by atoms with E-state index in [0.717, 1.165) is 12.8 Å². The number of hydrogen-bond acceptors (Lipinski definition) is 6. The summed E-state index contributed by atoms with van der Waals surface area (Å²) in [6, 6.07) is 0. The number of carboxylic acids is 1. The largest absolute Gasteiger partial charge is 1.00 e. The second-order valence-corrected chi connectivity index (χ2v) is 7.26. The number of carboxylic acid groups (broad SMARTS) is 1. The Morgan fingerprint density at radius 3 is 1.89 bits per heavy atom. The molecule has 0 aromatic carbocycles. The van der Waals surface area contributed by atoms with Crippen molar-refractivity contribution in [3.63, 3.8) is 0 Å². The second kappa shape index (κ2) is 21.3. The average molecular weight is 432 g/mol. The Balaban J connectivity index is -0.000000587. The van der Waals surface area contributed by atoms with Crippen LogP contribution in [0.2, 0.25) is 0 Å². The van der Waals surface area contributed by atoms with Crippen LogP contribution < -0.4 is 29.6 Å². The summed E-state index contributed by atoms with van der Waals surface area (Å²) in [4.78, 5) is 23.3. The molecular formula is C18H34NNaO7S. The Labute approximate surface area is 192 Å². The summed E-state index contributed by atoms with van der Waals surface area (Å²) in [5.41, 5.74) is 0. The summed E-state index contributed by atoms with van der Waals surface area (Å²) >= 11 is 0. The fourth-order valence-corrected chi connectivity index (χ4v) is 2.46. The molecule has 10 heteroatoms. The van der Waals surface area contributed by atoms with E-state index < -0.39 is 16.4 Å². The number of likely N-dealkylation sites (N-methyl/N-ethyl adjacent to an activating group) is 1. The first-order valence-corrected chi connectivity index (χ1v) is 10.6. The Morgan fingerprint density at radius 2 is 1.54 bits per heavy atom. The molecule has 0 aromatic heterocycles. The molecule has 0 heterocycles. The van der Waals surface area contributed by atoms with Gasteiger partial charge in [-0.15, -0.1) is 6.58 Å². The molecule has 0 saturated carbocycles. The number of hydrogen-bond donors (Lipinski definition) is 1. The van der Waals surface area contributed by atoms with Crippen LogP contribution in [0.1, 0.15) is 71.1 Å². The summed E-state index contributed by atoms with van der Waals surface area (Å²) in [6.07, 6.45) is 12.6. The van der Waals surface area contributed by atoms with Gasteiger partial charge in [-0.25, -0.2) is 8.42 Å². The number of nitrogens with zero attached hydrogens (tertiary/aromatic N) is 1. The molecule has 0 rings (SSSR count). The van der Waals surface area contributed by atoms with E-state index >= 15 is 0 Å². The smallest absolute Gasteiger partial charge is 0.726 e. The molecule has 1 N–H and O–H groups in total. The van der Waals surface area contributed by atoms with Crippen LogP contribution in [-0.2, 0) is 24.2 Å². The van der Waals surface area contributed by atoms with E-state index in [1.54, 1.807) is 7.05 Å². The molecule has 0 fully saturated rings. The molecule has 0 aromatic rings. The molecule has 0 unspecified atom stereocenters. The van der Waals surface area contributed by atoms with Crippen molar-refractivity contribution in [3.05, 3.63) is 12.7 Å². The van der Waals surface area contributed by atoms with Crippen molar-refractivity contribution in [1.82, 2.24) is 4.90 Å². The van der Waals surface area contributed by atoms with Crippen LogP contribution in [-0.4, -0.2) is 55.1 Å². The van der Waals surface area contributed by atoms with Crippen molar-refractivity contribution in [2.24, 2.45) is 0 Å². The molecule has 0 aliphatic rings. The number of carbonyl (C=O) groups is 2. The van der Waals surface area contributed by atoms with Crippen LogP contribution in [0.4, 0.5) is 0 Å². The van der Waals surface area contributed by atoms with E-state index in [1.165, 1.54) is 55.9 Å². The van der Waals surface area contributed by atoms with E-state index in [-0.39, 0.29) is 48.6 Å². The molecule has 160 valence electrons. The Kier molecular flexibility index (Phi) is 24.5. The van der Waals surface area contributed by atoms with Crippen LogP contribution in [0.25, 0.3) is 0 Å². The van der Waals surface area contributed by atoms with Gasteiger partial charge in [-0.3, -0.25) is 13.8 Å². The van der Waals surface area contributed by atoms with Gasteiger partial charge in [0.05, 0.1) is 6.61 Å². The minimum Gasteiger partial charge on any atom is -0.726 e. The molecular weight excluding hydrogens is 397 g/mol. The molecule has 1 amide bonds. The van der Waals surface area contributed by atoms with Crippen molar-refractivity contribution >= 4 is 22.3 Å². The van der Waals surface area contributed by atoms with E-state index in [9.17, 15) is 22.6 Å². The van der Waals surface area contributed by atoms with Crippen LogP contribution in [0, 0.1) is 0 Å². The van der Waals surface area contributed by atoms with Crippen LogP contribution in [0.3, 0.4) is 0 Å². The number of unbranched alkanes of at least 4 members (excludes halogenated alkanes) is 8. The van der Waals surface area contributed by atoms with Gasteiger partial charge < -0.3 is 14.6 Å². The minimum absolute atomic E-state index is 0. The van der Waals surface area contributed by atoms with Crippen LogP contribution in [0.5, 0.6) is 0 Å². The summed E-state index contributed by atoms with van der Waals surface area (Å²) in [5.74, 6) is -1.02. The number of carbonyl (C=O) groups excluding carboxylic acids is 1. The van der Waals surface area contributed by atoms with Crippen molar-refractivity contribution in [2.45, 2.75) is 71.1 Å². The van der Waals surface area contributed by atoms with Gasteiger partial charge in [-0.2, -0.15) is 0 Å². The van der Waals surface area contributed by atoms with E-state index in [2.05, 4.69) is 17.7 Å². The zero-order chi connectivity index (χ0) is 21.1. The molecule has 0 atom stereocenters. The average Bonchev–Trinajstić information content (AvgIpc) is 2.57. The zero-order valence-electron chi connectivity index (χ0n) is 17.5. The maximum absolute atomic E-state index is 11.5. The third kappa shape index (κ3) is 27.8. The maximum Gasteiger partial charge on any atom is 1.00 e. The number of aliphatic carboxylic acids is 1. The van der Waals surface area contributed by atoms with Crippen LogP contribution >= 0.6 is 0 Å². The molecule has 0 spiro atoms. The first kappa shape index (κ1) is 32.2.